The van der Waals surface area contributed by atoms with Crippen LogP contribution in [0.15, 0.2) is 30.6 Å². The van der Waals surface area contributed by atoms with E-state index in [9.17, 15) is 13.2 Å². The van der Waals surface area contributed by atoms with Crippen LogP contribution < -0.4 is 10.0 Å². The summed E-state index contributed by atoms with van der Waals surface area (Å²) in [6.45, 7) is 1.50. The Hall–Kier alpha value is -2.13. The van der Waals surface area contributed by atoms with Crippen molar-refractivity contribution < 1.29 is 13.2 Å². The second-order valence-corrected chi connectivity index (χ2v) is 8.27. The maximum atomic E-state index is 12.4. The first-order valence-corrected chi connectivity index (χ1v) is 9.99. The first kappa shape index (κ1) is 17.7. The van der Waals surface area contributed by atoms with Crippen molar-refractivity contribution in [2.45, 2.75) is 19.4 Å². The maximum absolute atomic E-state index is 12.4. The van der Waals surface area contributed by atoms with Gasteiger partial charge in [-0.3, -0.25) is 0 Å². The van der Waals surface area contributed by atoms with Crippen LogP contribution in [-0.4, -0.2) is 54.9 Å². The molecule has 2 aromatic rings. The molecule has 0 saturated carbocycles. The molecule has 3 heterocycles. The number of urea groups is 1. The number of piperidine rings is 1. The number of nitrogens with zero attached hydrogens (tertiary/aromatic N) is 3. The minimum atomic E-state index is -3.26. The third-order valence-electron chi connectivity index (χ3n) is 4.51. The van der Waals surface area contributed by atoms with Crippen LogP contribution in [0, 0.1) is 5.92 Å². The number of hydrogen-bond donors (Lipinski definition) is 2. The van der Waals surface area contributed by atoms with Crippen molar-refractivity contribution in [3.8, 4) is 0 Å². The van der Waals surface area contributed by atoms with Crippen molar-refractivity contribution in [1.82, 2.24) is 24.6 Å². The molecule has 1 atom stereocenters. The largest absolute Gasteiger partial charge is 0.334 e. The third kappa shape index (κ3) is 4.29. The number of rotatable bonds is 5. The Morgan fingerprint density at radius 3 is 3.04 bits per heavy atom. The van der Waals surface area contributed by atoms with Gasteiger partial charge in [0.2, 0.25) is 10.0 Å². The van der Waals surface area contributed by atoms with Crippen molar-refractivity contribution in [2.75, 3.05) is 25.9 Å². The number of carbonyl (C=O) groups excluding carboxylic acids is 1. The van der Waals surface area contributed by atoms with Gasteiger partial charge in [-0.25, -0.2) is 22.4 Å². The topological polar surface area (TPSA) is 95.8 Å². The molecule has 0 bridgehead atoms. The molecular formula is C16H23N5O3S. The lowest BCUT2D eigenvalue weighted by molar-refractivity contribution is 0.170. The third-order valence-corrected chi connectivity index (χ3v) is 6.04. The zero-order valence-electron chi connectivity index (χ0n) is 14.2. The van der Waals surface area contributed by atoms with E-state index < -0.39 is 10.0 Å². The standard InChI is InChI=1S/C16H23N5O3S/c1-17-25(23,24)12-13-5-4-7-20(11-13)16(22)18-9-14-10-19-21-8-3-2-6-15(14)21/h2-3,6,8,10,13,17H,4-5,7,9,11-12H2,1H3,(H,18,22). The normalized spacial score (nSPS) is 18.4. The van der Waals surface area contributed by atoms with Gasteiger partial charge >= 0.3 is 6.03 Å². The predicted octanol–water partition coefficient (Wildman–Crippen LogP) is 0.805. The summed E-state index contributed by atoms with van der Waals surface area (Å²) in [6.07, 6.45) is 5.24. The summed E-state index contributed by atoms with van der Waals surface area (Å²) in [5.41, 5.74) is 1.90. The summed E-state index contributed by atoms with van der Waals surface area (Å²) < 4.78 is 27.5. The zero-order chi connectivity index (χ0) is 17.9. The van der Waals surface area contributed by atoms with E-state index >= 15 is 0 Å². The number of carbonyl (C=O) groups is 1. The molecule has 2 N–H and O–H groups in total. The highest BCUT2D eigenvalue weighted by Crippen LogP contribution is 2.18. The van der Waals surface area contributed by atoms with Crippen LogP contribution in [0.1, 0.15) is 18.4 Å². The summed E-state index contributed by atoms with van der Waals surface area (Å²) in [5.74, 6) is 0.0235. The van der Waals surface area contributed by atoms with E-state index in [2.05, 4.69) is 15.1 Å². The van der Waals surface area contributed by atoms with Crippen LogP contribution in [0.3, 0.4) is 0 Å². The van der Waals surface area contributed by atoms with Gasteiger partial charge in [0.15, 0.2) is 0 Å². The molecule has 9 heteroatoms. The number of aromatic nitrogens is 2. The lowest BCUT2D eigenvalue weighted by Crippen LogP contribution is -2.47. The number of fused-ring (bicyclic) bond motifs is 1. The SMILES string of the molecule is CNS(=O)(=O)CC1CCCN(C(=O)NCc2cnn3ccccc23)C1. The zero-order valence-corrected chi connectivity index (χ0v) is 15.0. The highest BCUT2D eigenvalue weighted by atomic mass is 32.2. The molecule has 8 nitrogen and oxygen atoms in total. The number of nitrogens with one attached hydrogen (secondary N) is 2. The summed E-state index contributed by atoms with van der Waals surface area (Å²) in [4.78, 5) is 14.1. The molecule has 2 aromatic heterocycles. The van der Waals surface area contributed by atoms with E-state index in [1.54, 1.807) is 15.6 Å². The summed E-state index contributed by atoms with van der Waals surface area (Å²) in [6, 6.07) is 5.62. The van der Waals surface area contributed by atoms with Gasteiger partial charge in [-0.05, 0) is 37.9 Å². The van der Waals surface area contributed by atoms with Gasteiger partial charge in [0.1, 0.15) is 0 Å². The molecule has 136 valence electrons. The molecule has 0 radical (unpaired) electrons. The Bertz CT molecular complexity index is 848. The number of pyridine rings is 1. The molecule has 0 spiro atoms. The summed E-state index contributed by atoms with van der Waals surface area (Å²) >= 11 is 0. The molecule has 3 rings (SSSR count). The number of amides is 2. The Labute approximate surface area is 147 Å². The summed E-state index contributed by atoms with van der Waals surface area (Å²) in [5, 5.41) is 7.16. The fourth-order valence-corrected chi connectivity index (χ4v) is 4.24. The van der Waals surface area contributed by atoms with E-state index in [0.29, 0.717) is 19.6 Å². The maximum Gasteiger partial charge on any atom is 0.317 e. The van der Waals surface area contributed by atoms with Crippen LogP contribution in [0.25, 0.3) is 5.52 Å². The van der Waals surface area contributed by atoms with Crippen molar-refractivity contribution in [3.05, 3.63) is 36.2 Å². The quantitative estimate of drug-likeness (QED) is 0.819. The van der Waals surface area contributed by atoms with Gasteiger partial charge in [-0.1, -0.05) is 6.07 Å². The van der Waals surface area contributed by atoms with E-state index in [-0.39, 0.29) is 17.7 Å². The van der Waals surface area contributed by atoms with Crippen molar-refractivity contribution in [1.29, 1.82) is 0 Å². The van der Waals surface area contributed by atoms with E-state index in [4.69, 9.17) is 0 Å². The number of hydrogen-bond acceptors (Lipinski definition) is 4. The average Bonchev–Trinajstić information content (AvgIpc) is 3.03. The number of sulfonamides is 1. The average molecular weight is 365 g/mol. The van der Waals surface area contributed by atoms with Crippen LogP contribution in [-0.2, 0) is 16.6 Å². The molecule has 1 fully saturated rings. The fraction of sp³-hybridized carbons (Fsp3) is 0.500. The second-order valence-electron chi connectivity index (χ2n) is 6.30. The van der Waals surface area contributed by atoms with Gasteiger partial charge in [0.05, 0.1) is 17.5 Å². The molecule has 2 amide bonds. The molecular weight excluding hydrogens is 342 g/mol. The minimum Gasteiger partial charge on any atom is -0.334 e. The number of likely N-dealkylation sites (tertiary alicyclic amines) is 1. The molecule has 25 heavy (non-hydrogen) atoms. The lowest BCUT2D eigenvalue weighted by atomic mass is 10.0. The van der Waals surface area contributed by atoms with Crippen LogP contribution in [0.5, 0.6) is 0 Å². The molecule has 1 unspecified atom stereocenters. The van der Waals surface area contributed by atoms with E-state index in [1.807, 2.05) is 24.4 Å². The smallest absolute Gasteiger partial charge is 0.317 e. The Balaban J connectivity index is 1.57. The van der Waals surface area contributed by atoms with Gasteiger partial charge in [0, 0.05) is 31.4 Å². The van der Waals surface area contributed by atoms with Gasteiger partial charge in [-0.2, -0.15) is 5.10 Å². The summed E-state index contributed by atoms with van der Waals surface area (Å²) in [7, 11) is -1.84. The molecule has 0 aromatic carbocycles. The Morgan fingerprint density at radius 2 is 2.24 bits per heavy atom. The fourth-order valence-electron chi connectivity index (χ4n) is 3.19. The van der Waals surface area contributed by atoms with Crippen molar-refractivity contribution in [2.24, 2.45) is 5.92 Å². The monoisotopic (exact) mass is 365 g/mol. The van der Waals surface area contributed by atoms with Crippen LogP contribution in [0.4, 0.5) is 4.79 Å². The molecule has 1 aliphatic heterocycles. The van der Waals surface area contributed by atoms with Gasteiger partial charge in [0.25, 0.3) is 0 Å². The molecule has 1 saturated heterocycles. The van der Waals surface area contributed by atoms with E-state index in [1.165, 1.54) is 7.05 Å². The Kier molecular flexibility index (Phi) is 5.24. The van der Waals surface area contributed by atoms with Crippen LogP contribution in [0.2, 0.25) is 0 Å². The van der Waals surface area contributed by atoms with Crippen LogP contribution >= 0.6 is 0 Å². The Morgan fingerprint density at radius 1 is 1.40 bits per heavy atom. The van der Waals surface area contributed by atoms with Gasteiger partial charge < -0.3 is 10.2 Å². The van der Waals surface area contributed by atoms with Gasteiger partial charge in [-0.15, -0.1) is 0 Å². The predicted molar refractivity (Wildman–Crippen MR) is 94.6 cm³/mol. The lowest BCUT2D eigenvalue weighted by Gasteiger charge is -2.32. The molecule has 1 aliphatic rings. The van der Waals surface area contributed by atoms with Crippen molar-refractivity contribution >= 4 is 21.6 Å². The highest BCUT2D eigenvalue weighted by Gasteiger charge is 2.27. The molecule has 0 aliphatic carbocycles. The second kappa shape index (κ2) is 7.40. The van der Waals surface area contributed by atoms with Crippen molar-refractivity contribution in [3.63, 3.8) is 0 Å². The highest BCUT2D eigenvalue weighted by molar-refractivity contribution is 7.89. The van der Waals surface area contributed by atoms with E-state index in [0.717, 1.165) is 23.9 Å². The minimum absolute atomic E-state index is 0.0334. The first-order valence-electron chi connectivity index (χ1n) is 8.34. The first-order chi connectivity index (χ1) is 12.0.